The second kappa shape index (κ2) is 10.9. The molecule has 2 aromatic carbocycles. The summed E-state index contributed by atoms with van der Waals surface area (Å²) in [6.07, 6.45) is 1.69. The van der Waals surface area contributed by atoms with Gasteiger partial charge in [-0.25, -0.2) is 0 Å². The van der Waals surface area contributed by atoms with Crippen LogP contribution in [0.5, 0.6) is 0 Å². The number of hydrogen-bond acceptors (Lipinski definition) is 6. The van der Waals surface area contributed by atoms with Crippen molar-refractivity contribution >= 4 is 11.9 Å². The van der Waals surface area contributed by atoms with E-state index in [0.29, 0.717) is 6.42 Å². The molecule has 3 aromatic rings. The molecule has 8 nitrogen and oxygen atoms in total. The van der Waals surface area contributed by atoms with Crippen LogP contribution in [0.15, 0.2) is 60.8 Å². The molecule has 1 amide bonds. The van der Waals surface area contributed by atoms with Gasteiger partial charge in [0.25, 0.3) is 5.91 Å². The zero-order valence-electron chi connectivity index (χ0n) is 19.1. The minimum absolute atomic E-state index is 0.197. The van der Waals surface area contributed by atoms with Crippen molar-refractivity contribution in [3.63, 3.8) is 0 Å². The smallest absolute Gasteiger partial charge is 0.314 e. The Labute approximate surface area is 193 Å². The number of ether oxygens (including phenoxy) is 1. The Hall–Kier alpha value is -3.52. The molecule has 0 spiro atoms. The van der Waals surface area contributed by atoms with Crippen LogP contribution < -0.4 is 5.32 Å². The van der Waals surface area contributed by atoms with E-state index in [4.69, 9.17) is 4.74 Å². The summed E-state index contributed by atoms with van der Waals surface area (Å²) < 4.78 is 5.36. The van der Waals surface area contributed by atoms with Crippen LogP contribution in [0, 0.1) is 5.41 Å². The molecule has 0 unspecified atom stereocenters. The molecular formula is C25H30N4O4. The van der Waals surface area contributed by atoms with Crippen molar-refractivity contribution in [3.05, 3.63) is 72.1 Å². The number of nitrogens with zero attached hydrogens (tertiary/aromatic N) is 2. The Morgan fingerprint density at radius 1 is 1.09 bits per heavy atom. The van der Waals surface area contributed by atoms with Crippen LogP contribution in [-0.2, 0) is 16.0 Å². The first kappa shape index (κ1) is 24.1. The van der Waals surface area contributed by atoms with Crippen LogP contribution in [0.1, 0.15) is 43.2 Å². The average molecular weight is 451 g/mol. The third-order valence-corrected chi connectivity index (χ3v) is 5.42. The number of aromatic nitrogens is 3. The molecule has 0 radical (unpaired) electrons. The van der Waals surface area contributed by atoms with Crippen LogP contribution >= 0.6 is 0 Å². The maximum atomic E-state index is 12.7. The summed E-state index contributed by atoms with van der Waals surface area (Å²) in [5, 5.41) is 22.7. The summed E-state index contributed by atoms with van der Waals surface area (Å²) in [5.41, 5.74) is 2.24. The third kappa shape index (κ3) is 6.49. The van der Waals surface area contributed by atoms with Gasteiger partial charge in [0.05, 0.1) is 24.3 Å². The highest BCUT2D eigenvalue weighted by atomic mass is 16.5. The van der Waals surface area contributed by atoms with Crippen LogP contribution in [0.3, 0.4) is 0 Å². The lowest BCUT2D eigenvalue weighted by molar-refractivity contribution is -0.162. The number of hydrogen-bond donors (Lipinski definition) is 3. The number of benzene rings is 2. The number of aliphatic hydroxyl groups is 1. The Morgan fingerprint density at radius 3 is 2.33 bits per heavy atom. The molecule has 1 heterocycles. The second-order valence-electron chi connectivity index (χ2n) is 8.68. The van der Waals surface area contributed by atoms with E-state index in [0.717, 1.165) is 16.7 Å². The number of carbonyl (C=O) groups excluding carboxylic acids is 2. The number of rotatable bonds is 10. The number of H-pyrrole nitrogens is 1. The van der Waals surface area contributed by atoms with Gasteiger partial charge in [0.15, 0.2) is 0 Å². The summed E-state index contributed by atoms with van der Waals surface area (Å²) in [5.74, 6) is -0.884. The summed E-state index contributed by atoms with van der Waals surface area (Å²) in [4.78, 5) is 25.4. The lowest BCUT2D eigenvalue weighted by Gasteiger charge is -2.31. The fourth-order valence-electron chi connectivity index (χ4n) is 3.61. The molecule has 33 heavy (non-hydrogen) atoms. The predicted octanol–water partition coefficient (Wildman–Crippen LogP) is 3.15. The summed E-state index contributed by atoms with van der Waals surface area (Å²) in [6.45, 7) is 4.76. The van der Waals surface area contributed by atoms with E-state index in [1.165, 1.54) is 6.20 Å². The molecule has 0 aliphatic carbocycles. The molecular weight excluding hydrogens is 420 g/mol. The lowest BCUT2D eigenvalue weighted by atomic mass is 9.82. The monoisotopic (exact) mass is 450 g/mol. The number of aromatic amines is 1. The SMILES string of the molecule is CC(C)OC(=O)[C@](C)(CO)C[C@@H](Cc1ccc(-c2ccccc2)cc1)NC(=O)c1cnn[nH]1. The number of aliphatic hydroxyl groups excluding tert-OH is 1. The topological polar surface area (TPSA) is 117 Å². The van der Waals surface area contributed by atoms with Gasteiger partial charge in [-0.15, -0.1) is 5.10 Å². The molecule has 0 fully saturated rings. The Bertz CT molecular complexity index is 1040. The molecule has 0 bridgehead atoms. The van der Waals surface area contributed by atoms with Gasteiger partial charge >= 0.3 is 5.97 Å². The molecule has 1 aromatic heterocycles. The lowest BCUT2D eigenvalue weighted by Crippen LogP contribution is -2.45. The van der Waals surface area contributed by atoms with Crippen molar-refractivity contribution in [2.75, 3.05) is 6.61 Å². The van der Waals surface area contributed by atoms with Crippen molar-refractivity contribution in [2.45, 2.75) is 45.8 Å². The Balaban J connectivity index is 1.80. The summed E-state index contributed by atoms with van der Waals surface area (Å²) in [6, 6.07) is 17.7. The second-order valence-corrected chi connectivity index (χ2v) is 8.68. The maximum absolute atomic E-state index is 12.7. The van der Waals surface area contributed by atoms with Crippen LogP contribution in [0.4, 0.5) is 0 Å². The molecule has 174 valence electrons. The van der Waals surface area contributed by atoms with Crippen LogP contribution in [0.2, 0.25) is 0 Å². The number of amides is 1. The van der Waals surface area contributed by atoms with E-state index in [1.807, 2.05) is 54.6 Å². The van der Waals surface area contributed by atoms with Crippen LogP contribution in [-0.4, -0.2) is 51.1 Å². The zero-order chi connectivity index (χ0) is 23.8. The molecule has 8 heteroatoms. The predicted molar refractivity (Wildman–Crippen MR) is 124 cm³/mol. The van der Waals surface area contributed by atoms with Gasteiger partial charge in [0.1, 0.15) is 5.69 Å². The van der Waals surface area contributed by atoms with Gasteiger partial charge in [-0.05, 0) is 50.3 Å². The van der Waals surface area contributed by atoms with E-state index in [1.54, 1.807) is 20.8 Å². The Kier molecular flexibility index (Phi) is 7.95. The van der Waals surface area contributed by atoms with Crippen molar-refractivity contribution < 1.29 is 19.4 Å². The summed E-state index contributed by atoms with van der Waals surface area (Å²) in [7, 11) is 0. The maximum Gasteiger partial charge on any atom is 0.314 e. The molecule has 0 saturated carbocycles. The van der Waals surface area contributed by atoms with E-state index in [2.05, 4.69) is 20.7 Å². The number of esters is 1. The quantitative estimate of drug-likeness (QED) is 0.409. The molecule has 2 atom stereocenters. The number of nitrogens with one attached hydrogen (secondary N) is 2. The van der Waals surface area contributed by atoms with E-state index in [9.17, 15) is 14.7 Å². The summed E-state index contributed by atoms with van der Waals surface area (Å²) >= 11 is 0. The van der Waals surface area contributed by atoms with Gasteiger partial charge < -0.3 is 15.2 Å². The van der Waals surface area contributed by atoms with Crippen molar-refractivity contribution in [1.29, 1.82) is 0 Å². The van der Waals surface area contributed by atoms with Crippen molar-refractivity contribution in [2.24, 2.45) is 5.41 Å². The number of carbonyl (C=O) groups is 2. The van der Waals surface area contributed by atoms with Crippen LogP contribution in [0.25, 0.3) is 11.1 Å². The first-order valence-corrected chi connectivity index (χ1v) is 10.9. The minimum atomic E-state index is -1.17. The first-order chi connectivity index (χ1) is 15.8. The molecule has 3 rings (SSSR count). The highest BCUT2D eigenvalue weighted by Gasteiger charge is 2.38. The fraction of sp³-hybridized carbons (Fsp3) is 0.360. The molecule has 3 N–H and O–H groups in total. The zero-order valence-corrected chi connectivity index (χ0v) is 19.1. The first-order valence-electron chi connectivity index (χ1n) is 10.9. The molecule has 0 saturated heterocycles. The van der Waals surface area contributed by atoms with Gasteiger partial charge in [-0.2, -0.15) is 0 Å². The highest BCUT2D eigenvalue weighted by Crippen LogP contribution is 2.28. The molecule has 0 aliphatic rings. The molecule has 0 aliphatic heterocycles. The normalized spacial score (nSPS) is 13.8. The van der Waals surface area contributed by atoms with Gasteiger partial charge in [-0.3, -0.25) is 14.7 Å². The average Bonchev–Trinajstić information content (AvgIpc) is 3.35. The van der Waals surface area contributed by atoms with Gasteiger partial charge in [0.2, 0.25) is 0 Å². The van der Waals surface area contributed by atoms with Gasteiger partial charge in [-0.1, -0.05) is 59.8 Å². The van der Waals surface area contributed by atoms with Crippen molar-refractivity contribution in [1.82, 2.24) is 20.7 Å². The van der Waals surface area contributed by atoms with Gasteiger partial charge in [0, 0.05) is 6.04 Å². The highest BCUT2D eigenvalue weighted by molar-refractivity contribution is 5.92. The largest absolute Gasteiger partial charge is 0.462 e. The Morgan fingerprint density at radius 2 is 1.76 bits per heavy atom. The minimum Gasteiger partial charge on any atom is -0.462 e. The van der Waals surface area contributed by atoms with Crippen molar-refractivity contribution in [3.8, 4) is 11.1 Å². The van der Waals surface area contributed by atoms with E-state index < -0.39 is 24.0 Å². The van der Waals surface area contributed by atoms with E-state index in [-0.39, 0.29) is 24.1 Å². The van der Waals surface area contributed by atoms with E-state index >= 15 is 0 Å². The third-order valence-electron chi connectivity index (χ3n) is 5.42. The fourth-order valence-corrected chi connectivity index (χ4v) is 3.61. The standard InChI is InChI=1S/C25H30N4O4/c1-17(2)33-24(32)25(3,16-30)14-21(27-23(31)22-15-26-29-28-22)13-18-9-11-20(12-10-18)19-7-5-4-6-8-19/h4-12,15,17,21,30H,13-14,16H2,1-3H3,(H,27,31)(H,26,28,29)/t21-,25+/m1/s1.